The first kappa shape index (κ1) is 16.3. The lowest BCUT2D eigenvalue weighted by molar-refractivity contribution is -0.127. The van der Waals surface area contributed by atoms with Gasteiger partial charge in [0.1, 0.15) is 0 Å². The molecule has 0 radical (unpaired) electrons. The second-order valence-electron chi connectivity index (χ2n) is 6.52. The Balaban J connectivity index is 1.83. The zero-order valence-electron chi connectivity index (χ0n) is 14.6. The molecule has 1 aliphatic heterocycles. The molecule has 0 aromatic heterocycles. The smallest absolute Gasteiger partial charge is 0.227 e. The van der Waals surface area contributed by atoms with Gasteiger partial charge in [-0.15, -0.1) is 0 Å². The number of benzene rings is 3. The number of allylic oxidation sites excluding steroid dienone is 1. The maximum atomic E-state index is 12.6. The summed E-state index contributed by atoms with van der Waals surface area (Å²) in [5, 5.41) is 0. The summed E-state index contributed by atoms with van der Waals surface area (Å²) in [6.07, 6.45) is 1.36. The molecule has 0 atom stereocenters. The molecule has 0 saturated carbocycles. The van der Waals surface area contributed by atoms with Gasteiger partial charge in [-0.3, -0.25) is 4.79 Å². The second kappa shape index (κ2) is 7.40. The molecule has 1 fully saturated rings. The van der Waals surface area contributed by atoms with Crippen molar-refractivity contribution in [3.63, 3.8) is 0 Å². The van der Waals surface area contributed by atoms with Gasteiger partial charge in [-0.05, 0) is 23.1 Å². The lowest BCUT2D eigenvalue weighted by atomic mass is 9.95. The monoisotopic (exact) mass is 339 g/mol. The third kappa shape index (κ3) is 3.31. The van der Waals surface area contributed by atoms with Gasteiger partial charge in [0.05, 0.1) is 6.54 Å². The fourth-order valence-electron chi connectivity index (χ4n) is 3.56. The lowest BCUT2D eigenvalue weighted by Gasteiger charge is -2.23. The van der Waals surface area contributed by atoms with Gasteiger partial charge in [0.2, 0.25) is 5.91 Å². The summed E-state index contributed by atoms with van der Waals surface area (Å²) in [7, 11) is 0. The number of hydrogen-bond acceptors (Lipinski definition) is 1. The van der Waals surface area contributed by atoms with Crippen LogP contribution in [0.3, 0.4) is 0 Å². The number of nitrogens with zero attached hydrogens (tertiary/aromatic N) is 1. The quantitative estimate of drug-likeness (QED) is 0.634. The molecule has 0 unspecified atom stereocenters. The number of carbonyl (C=O) groups is 1. The van der Waals surface area contributed by atoms with Crippen molar-refractivity contribution in [2.24, 2.45) is 0 Å². The van der Waals surface area contributed by atoms with Crippen molar-refractivity contribution in [1.29, 1.82) is 0 Å². The van der Waals surface area contributed by atoms with E-state index in [0.717, 1.165) is 34.4 Å². The molecular weight excluding hydrogens is 318 g/mol. The van der Waals surface area contributed by atoms with E-state index in [9.17, 15) is 4.79 Å². The van der Waals surface area contributed by atoms with Gasteiger partial charge in [0.25, 0.3) is 0 Å². The highest BCUT2D eigenvalue weighted by molar-refractivity contribution is 5.89. The number of rotatable bonds is 4. The molecule has 1 amide bonds. The van der Waals surface area contributed by atoms with Crippen LogP contribution in [-0.4, -0.2) is 10.8 Å². The van der Waals surface area contributed by atoms with E-state index < -0.39 is 0 Å². The Hall–Kier alpha value is -3.13. The van der Waals surface area contributed by atoms with E-state index in [1.54, 1.807) is 0 Å². The number of amides is 1. The summed E-state index contributed by atoms with van der Waals surface area (Å²) in [6, 6.07) is 31.0. The first-order chi connectivity index (χ1) is 12.8. The Morgan fingerprint density at radius 1 is 0.692 bits per heavy atom. The Morgan fingerprint density at radius 3 is 1.73 bits per heavy atom. The highest BCUT2D eigenvalue weighted by Crippen LogP contribution is 2.35. The van der Waals surface area contributed by atoms with Crippen LogP contribution in [0.15, 0.2) is 96.7 Å². The van der Waals surface area contributed by atoms with E-state index >= 15 is 0 Å². The van der Waals surface area contributed by atoms with Gasteiger partial charge in [0, 0.05) is 17.7 Å². The van der Waals surface area contributed by atoms with Gasteiger partial charge in [0.15, 0.2) is 0 Å². The molecular formula is C24H21NO. The summed E-state index contributed by atoms with van der Waals surface area (Å²) in [5.41, 5.74) is 5.74. The van der Waals surface area contributed by atoms with E-state index in [0.29, 0.717) is 13.0 Å². The Kier molecular flexibility index (Phi) is 4.65. The molecule has 3 aromatic rings. The lowest BCUT2D eigenvalue weighted by Crippen LogP contribution is -2.23. The van der Waals surface area contributed by atoms with E-state index in [-0.39, 0.29) is 5.91 Å². The van der Waals surface area contributed by atoms with Gasteiger partial charge in [-0.2, -0.15) is 0 Å². The summed E-state index contributed by atoms with van der Waals surface area (Å²) in [5.74, 6) is 0.202. The minimum Gasteiger partial charge on any atom is -0.311 e. The summed E-state index contributed by atoms with van der Waals surface area (Å²) >= 11 is 0. The Bertz CT molecular complexity index is 873. The molecule has 26 heavy (non-hydrogen) atoms. The van der Waals surface area contributed by atoms with Crippen LogP contribution < -0.4 is 0 Å². The highest BCUT2D eigenvalue weighted by atomic mass is 16.2. The molecule has 2 heteroatoms. The maximum absolute atomic E-state index is 12.6. The van der Waals surface area contributed by atoms with Crippen molar-refractivity contribution in [1.82, 2.24) is 4.90 Å². The van der Waals surface area contributed by atoms with Crippen molar-refractivity contribution in [2.75, 3.05) is 0 Å². The van der Waals surface area contributed by atoms with Crippen LogP contribution in [0.25, 0.3) is 5.57 Å². The van der Waals surface area contributed by atoms with Gasteiger partial charge in [-0.25, -0.2) is 0 Å². The largest absolute Gasteiger partial charge is 0.311 e. The SMILES string of the molecule is O=C1CCC(=C(c2ccccc2)c2ccccc2)N1Cc1ccccc1. The molecule has 128 valence electrons. The topological polar surface area (TPSA) is 20.3 Å². The molecule has 2 nitrogen and oxygen atoms in total. The molecule has 0 spiro atoms. The van der Waals surface area contributed by atoms with Gasteiger partial charge in [-0.1, -0.05) is 91.0 Å². The second-order valence-corrected chi connectivity index (χ2v) is 6.52. The van der Waals surface area contributed by atoms with Gasteiger partial charge < -0.3 is 4.90 Å². The fourth-order valence-corrected chi connectivity index (χ4v) is 3.56. The van der Waals surface area contributed by atoms with Crippen molar-refractivity contribution >= 4 is 11.5 Å². The van der Waals surface area contributed by atoms with Crippen LogP contribution in [0.1, 0.15) is 29.5 Å². The van der Waals surface area contributed by atoms with Crippen LogP contribution in [0.4, 0.5) is 0 Å². The number of likely N-dealkylation sites (tertiary alicyclic amines) is 1. The molecule has 0 bridgehead atoms. The van der Waals surface area contributed by atoms with E-state index in [1.165, 1.54) is 0 Å². The standard InChI is InChI=1S/C24H21NO/c26-23-17-16-22(25(23)18-19-10-4-1-5-11-19)24(20-12-6-2-7-13-20)21-14-8-3-9-15-21/h1-15H,16-18H2. The summed E-state index contributed by atoms with van der Waals surface area (Å²) in [6.45, 7) is 0.623. The first-order valence-corrected chi connectivity index (χ1v) is 9.01. The van der Waals surface area contributed by atoms with E-state index in [1.807, 2.05) is 35.2 Å². The predicted octanol–water partition coefficient (Wildman–Crippen LogP) is 5.27. The molecule has 0 aliphatic carbocycles. The van der Waals surface area contributed by atoms with Crippen molar-refractivity contribution < 1.29 is 4.79 Å². The van der Waals surface area contributed by atoms with Crippen molar-refractivity contribution in [3.8, 4) is 0 Å². The highest BCUT2D eigenvalue weighted by Gasteiger charge is 2.29. The van der Waals surface area contributed by atoms with Crippen molar-refractivity contribution in [2.45, 2.75) is 19.4 Å². The zero-order valence-corrected chi connectivity index (χ0v) is 14.6. The van der Waals surface area contributed by atoms with E-state index in [4.69, 9.17) is 0 Å². The average molecular weight is 339 g/mol. The van der Waals surface area contributed by atoms with Crippen LogP contribution in [0.5, 0.6) is 0 Å². The maximum Gasteiger partial charge on any atom is 0.227 e. The predicted molar refractivity (Wildman–Crippen MR) is 105 cm³/mol. The molecule has 1 saturated heterocycles. The third-order valence-corrected chi connectivity index (χ3v) is 4.80. The molecule has 3 aromatic carbocycles. The molecule has 0 N–H and O–H groups in total. The van der Waals surface area contributed by atoms with Crippen LogP contribution in [-0.2, 0) is 11.3 Å². The molecule has 4 rings (SSSR count). The van der Waals surface area contributed by atoms with Gasteiger partial charge >= 0.3 is 0 Å². The summed E-state index contributed by atoms with van der Waals surface area (Å²) < 4.78 is 0. The minimum atomic E-state index is 0.202. The Morgan fingerprint density at radius 2 is 1.19 bits per heavy atom. The van der Waals surface area contributed by atoms with Crippen molar-refractivity contribution in [3.05, 3.63) is 113 Å². The van der Waals surface area contributed by atoms with Crippen LogP contribution >= 0.6 is 0 Å². The Labute approximate surface area is 154 Å². The average Bonchev–Trinajstić information content (AvgIpc) is 3.05. The fraction of sp³-hybridized carbons (Fsp3) is 0.125. The molecule has 1 heterocycles. The van der Waals surface area contributed by atoms with Crippen LogP contribution in [0.2, 0.25) is 0 Å². The number of carbonyl (C=O) groups excluding carboxylic acids is 1. The van der Waals surface area contributed by atoms with Crippen LogP contribution in [0, 0.1) is 0 Å². The molecule has 1 aliphatic rings. The first-order valence-electron chi connectivity index (χ1n) is 9.01. The zero-order chi connectivity index (χ0) is 17.8. The minimum absolute atomic E-state index is 0.202. The third-order valence-electron chi connectivity index (χ3n) is 4.80. The summed E-state index contributed by atoms with van der Waals surface area (Å²) in [4.78, 5) is 14.6. The normalized spacial score (nSPS) is 13.9. The number of hydrogen-bond donors (Lipinski definition) is 0. The van der Waals surface area contributed by atoms with E-state index in [2.05, 4.69) is 60.7 Å².